The zero-order valence-electron chi connectivity index (χ0n) is 30.9. The van der Waals surface area contributed by atoms with Crippen molar-refractivity contribution in [2.75, 3.05) is 13.2 Å². The highest BCUT2D eigenvalue weighted by atomic mass is 31.2. The maximum absolute atomic E-state index is 17.8. The number of ketones is 2. The van der Waals surface area contributed by atoms with E-state index in [-0.39, 0.29) is 42.1 Å². The molecule has 1 saturated heterocycles. The second-order valence-corrected chi connectivity index (χ2v) is 18.0. The van der Waals surface area contributed by atoms with Gasteiger partial charge in [0.05, 0.1) is 23.9 Å². The molecule has 5 aliphatic rings. The van der Waals surface area contributed by atoms with Crippen LogP contribution in [0.15, 0.2) is 66.5 Å². The van der Waals surface area contributed by atoms with Crippen LogP contribution in [0.5, 0.6) is 5.75 Å². The van der Waals surface area contributed by atoms with Gasteiger partial charge in [-0.2, -0.15) is 4.57 Å². The summed E-state index contributed by atoms with van der Waals surface area (Å²) in [6.07, 6.45) is 3.72. The van der Waals surface area contributed by atoms with Gasteiger partial charge in [0, 0.05) is 41.0 Å². The highest BCUT2D eigenvalue weighted by Crippen LogP contribution is 2.72. The summed E-state index contributed by atoms with van der Waals surface area (Å²) in [5.74, 6) is -2.30. The van der Waals surface area contributed by atoms with Gasteiger partial charge in [0.25, 0.3) is 5.69 Å². The summed E-state index contributed by atoms with van der Waals surface area (Å²) in [5, 5.41) is 36.4. The van der Waals surface area contributed by atoms with E-state index in [2.05, 4.69) is 5.32 Å². The molecule has 13 nitrogen and oxygen atoms in total. The number of aliphatic hydroxyl groups is 3. The molecule has 2 unspecified atom stereocenters. The number of hydrogen-bond acceptors (Lipinski definition) is 11. The number of carbonyl (C=O) groups excluding carboxylic acids is 2. The van der Waals surface area contributed by atoms with E-state index in [4.69, 9.17) is 14.0 Å². The molecule has 0 bridgehead atoms. The van der Waals surface area contributed by atoms with Gasteiger partial charge in [-0.15, -0.1) is 0 Å². The lowest BCUT2D eigenvalue weighted by molar-refractivity contribution is -0.597. The number of ether oxygens (including phenoxy) is 2. The number of phosphoric ester groups is 1. The number of rotatable bonds is 9. The third kappa shape index (κ3) is 6.05. The summed E-state index contributed by atoms with van der Waals surface area (Å²) < 4.78 is 49.2. The number of fused-ring (bicyclic) bond motifs is 7. The lowest BCUT2D eigenvalue weighted by Crippen LogP contribution is -2.69. The van der Waals surface area contributed by atoms with E-state index in [9.17, 15) is 39.3 Å². The second-order valence-electron chi connectivity index (χ2n) is 16.9. The van der Waals surface area contributed by atoms with Crippen LogP contribution in [-0.4, -0.2) is 73.9 Å². The van der Waals surface area contributed by atoms with E-state index in [1.807, 2.05) is 20.8 Å². The first-order valence-electron chi connectivity index (χ1n) is 18.3. The number of β-amino-alcohol motifs (C(OH)–C–C–N with tert-alkyl or cyclic N) is 1. The molecule has 4 aliphatic carbocycles. The lowest BCUT2D eigenvalue weighted by atomic mass is 9.44. The van der Waals surface area contributed by atoms with Gasteiger partial charge in [0.1, 0.15) is 6.61 Å². The maximum atomic E-state index is 17.8. The van der Waals surface area contributed by atoms with Crippen LogP contribution in [-0.2, 0) is 23.6 Å². The van der Waals surface area contributed by atoms with Crippen molar-refractivity contribution in [1.82, 2.24) is 5.32 Å². The minimum absolute atomic E-state index is 0.146. The van der Waals surface area contributed by atoms with E-state index in [0.29, 0.717) is 29.5 Å². The molecule has 0 spiro atoms. The monoisotopic (exact) mass is 770 g/mol. The van der Waals surface area contributed by atoms with Crippen molar-refractivity contribution in [2.24, 2.45) is 22.7 Å². The van der Waals surface area contributed by atoms with Crippen LogP contribution in [0.2, 0.25) is 0 Å². The first-order valence-corrected chi connectivity index (χ1v) is 19.8. The first-order chi connectivity index (χ1) is 25.2. The van der Waals surface area contributed by atoms with Crippen molar-refractivity contribution >= 4 is 19.4 Å². The number of nitrogens with zero attached hydrogens (tertiary/aromatic N) is 1. The number of benzene rings is 1. The van der Waals surface area contributed by atoms with Crippen LogP contribution in [0, 0.1) is 22.7 Å². The van der Waals surface area contributed by atoms with Gasteiger partial charge in [-0.25, -0.2) is 4.39 Å². The number of phosphoric acid groups is 1. The molecule has 0 radical (unpaired) electrons. The predicted octanol–water partition coefficient (Wildman–Crippen LogP) is 2.92. The van der Waals surface area contributed by atoms with Crippen molar-refractivity contribution in [3.8, 4) is 11.4 Å². The molecule has 0 amide bonds. The standard InChI is InChI=1S/C39H48FN2O11P/c1-35(2,3)41-19-29(45)22-8-11-30(53-54(48,49)50)28(15-22)42-14-6-7-23(20-42)34-51-33-17-27-26-10-9-24-16-25(44)12-13-36(24,4)38(26,40)31(46)18-37(27,5)39(33,52-34)32(47)21-43/h6-8,11-16,20,26-27,29,31,33-34,41,43,45-46H,9-10,17-19,21H2,1-5H3,(H-,48,49,50)/t26-,27-,29?,31-,33+,34+,36-,37-,38-,39+/m0/s1. The van der Waals surface area contributed by atoms with Gasteiger partial charge < -0.3 is 44.4 Å². The van der Waals surface area contributed by atoms with E-state index in [1.165, 1.54) is 34.9 Å². The summed E-state index contributed by atoms with van der Waals surface area (Å²) in [4.78, 5) is 47.7. The third-order valence-corrected chi connectivity index (χ3v) is 13.1. The number of aromatic nitrogens is 1. The number of Topliss-reactive ketones (excluding diaryl/α,β-unsaturated/α-hetero) is 1. The fourth-order valence-corrected chi connectivity index (χ4v) is 10.6. The summed E-state index contributed by atoms with van der Waals surface area (Å²) in [6, 6.07) is 7.62. The van der Waals surface area contributed by atoms with Gasteiger partial charge >= 0.3 is 7.82 Å². The van der Waals surface area contributed by atoms with Crippen LogP contribution in [0.3, 0.4) is 0 Å². The molecular weight excluding hydrogens is 722 g/mol. The number of hydrogen-bond donors (Lipinski definition) is 5. The highest BCUT2D eigenvalue weighted by Gasteiger charge is 2.79. The van der Waals surface area contributed by atoms with E-state index >= 15 is 4.39 Å². The Balaban J connectivity index is 1.23. The van der Waals surface area contributed by atoms with E-state index in [0.717, 1.165) is 0 Å². The number of allylic oxidation sites excluding steroid dienone is 4. The summed E-state index contributed by atoms with van der Waals surface area (Å²) >= 11 is 0. The van der Waals surface area contributed by atoms with Gasteiger partial charge in [0.15, 0.2) is 47.3 Å². The van der Waals surface area contributed by atoms with Crippen molar-refractivity contribution in [3.63, 3.8) is 0 Å². The average Bonchev–Trinajstić information content (AvgIpc) is 3.60. The Labute approximate surface area is 313 Å². The third-order valence-electron chi connectivity index (χ3n) is 12.7. The van der Waals surface area contributed by atoms with Crippen LogP contribution in [0.1, 0.15) is 83.8 Å². The quantitative estimate of drug-likeness (QED) is 0.185. The van der Waals surface area contributed by atoms with E-state index in [1.54, 1.807) is 44.4 Å². The zero-order valence-corrected chi connectivity index (χ0v) is 31.8. The molecule has 4 fully saturated rings. The normalized spacial score (nSPS) is 37.4. The molecule has 15 heteroatoms. The lowest BCUT2D eigenvalue weighted by Gasteiger charge is -2.62. The number of pyridine rings is 1. The van der Waals surface area contributed by atoms with Crippen molar-refractivity contribution in [3.05, 3.63) is 77.7 Å². The molecule has 1 aromatic carbocycles. The Morgan fingerprint density at radius 1 is 1.24 bits per heavy atom. The minimum Gasteiger partial charge on any atom is -0.746 e. The molecule has 11 atom stereocenters. The molecular formula is C39H48FN2O11P. The Bertz CT molecular complexity index is 1980. The Morgan fingerprint density at radius 3 is 2.67 bits per heavy atom. The molecule has 1 aromatic heterocycles. The topological polar surface area (TPSA) is 199 Å². The summed E-state index contributed by atoms with van der Waals surface area (Å²) in [7, 11) is -5.25. The van der Waals surface area contributed by atoms with Gasteiger partial charge in [-0.3, -0.25) is 14.2 Å². The fraction of sp³-hybridized carbons (Fsp3) is 0.564. The number of alkyl halides is 1. The van der Waals surface area contributed by atoms with Crippen molar-refractivity contribution in [2.45, 2.75) is 102 Å². The Kier molecular flexibility index (Phi) is 9.56. The number of halogens is 1. The van der Waals surface area contributed by atoms with Crippen LogP contribution in [0.25, 0.3) is 5.69 Å². The molecule has 1 aliphatic heterocycles. The summed E-state index contributed by atoms with van der Waals surface area (Å²) in [5.41, 5.74) is -4.97. The Morgan fingerprint density at radius 2 is 1.98 bits per heavy atom. The van der Waals surface area contributed by atoms with Crippen LogP contribution in [0.4, 0.5) is 4.39 Å². The van der Waals surface area contributed by atoms with Gasteiger partial charge in [0.2, 0.25) is 0 Å². The van der Waals surface area contributed by atoms with Gasteiger partial charge in [-0.05, 0) is 89.1 Å². The van der Waals surface area contributed by atoms with Gasteiger partial charge in [-0.1, -0.05) is 24.6 Å². The van der Waals surface area contributed by atoms with Crippen molar-refractivity contribution in [1.29, 1.82) is 0 Å². The number of aliphatic hydroxyl groups excluding tert-OH is 3. The molecule has 54 heavy (non-hydrogen) atoms. The fourth-order valence-electron chi connectivity index (χ4n) is 10.2. The van der Waals surface area contributed by atoms with E-state index < -0.39 is 78.8 Å². The molecule has 2 heterocycles. The zero-order chi connectivity index (χ0) is 39.2. The first kappa shape index (κ1) is 39.1. The maximum Gasteiger partial charge on any atom is 0.317 e. The largest absolute Gasteiger partial charge is 0.746 e. The molecule has 5 N–H and O–H groups in total. The highest BCUT2D eigenvalue weighted by molar-refractivity contribution is 7.45. The summed E-state index contributed by atoms with van der Waals surface area (Å²) in [6.45, 7) is 8.66. The molecule has 7 rings (SSSR count). The van der Waals surface area contributed by atoms with Crippen molar-refractivity contribution < 1.29 is 62.2 Å². The number of nitrogens with one attached hydrogen (secondary N) is 1. The van der Waals surface area contributed by atoms with Crippen LogP contribution < -0.4 is 19.3 Å². The molecule has 3 saturated carbocycles. The smallest absolute Gasteiger partial charge is 0.317 e. The predicted molar refractivity (Wildman–Crippen MR) is 188 cm³/mol. The Hall–Kier alpha value is -3.17. The number of carbonyl (C=O) groups is 2. The minimum atomic E-state index is -5.25. The SMILES string of the molecule is CC(C)(C)NCC(O)c1ccc(OP(=O)([O-])O)c(-[n+]2cccc([C@@H]3O[C@@H]4C[C@H]5[C@@H]6CCC7=CC(=O)C=C[C@]7(C)[C@@]6(F)[C@@H](O)C[C@]5(C)[C@]4(C(=O)CO)O3)c2)c1. The van der Waals surface area contributed by atoms with Crippen LogP contribution >= 0.6 is 7.82 Å². The second kappa shape index (κ2) is 13.2. The molecule has 292 valence electrons. The average molecular weight is 771 g/mol. The molecule has 2 aromatic rings.